The van der Waals surface area contributed by atoms with E-state index in [0.29, 0.717) is 11.5 Å². The van der Waals surface area contributed by atoms with Gasteiger partial charge in [-0.25, -0.2) is 0 Å². The number of fused-ring (bicyclic) bond motifs is 1. The highest BCUT2D eigenvalue weighted by molar-refractivity contribution is 6.18. The molecule has 0 unspecified atom stereocenters. The van der Waals surface area contributed by atoms with Crippen molar-refractivity contribution in [3.8, 4) is 0 Å². The van der Waals surface area contributed by atoms with Crippen LogP contribution in [0.1, 0.15) is 12.0 Å². The van der Waals surface area contributed by atoms with Crippen LogP contribution in [0.5, 0.6) is 0 Å². The van der Waals surface area contributed by atoms with Crippen LogP contribution in [-0.4, -0.2) is 26.9 Å². The Kier molecular flexibility index (Phi) is 2.50. The van der Waals surface area contributed by atoms with Crippen molar-refractivity contribution in [1.29, 1.82) is 0 Å². The van der Waals surface area contributed by atoms with Crippen molar-refractivity contribution >= 4 is 23.1 Å². The van der Waals surface area contributed by atoms with E-state index in [4.69, 9.17) is 0 Å². The number of anilines is 1. The molecule has 0 saturated carbocycles. The molecule has 1 aliphatic rings. The number of H-pyrrole nitrogens is 1. The van der Waals surface area contributed by atoms with Crippen LogP contribution in [0, 0.1) is 0 Å². The number of rotatable bonds is 2. The van der Waals surface area contributed by atoms with Gasteiger partial charge in [-0.3, -0.25) is 4.79 Å². The Morgan fingerprint density at radius 2 is 2.00 bits per heavy atom. The fraction of sp³-hybridized carbons (Fsp3) is 0.0714. The number of aromatic nitrogens is 4. The number of nitrogens with one attached hydrogen (secondary N) is 1. The first-order valence-corrected chi connectivity index (χ1v) is 6.49. The molecule has 1 amide bonds. The van der Waals surface area contributed by atoms with E-state index in [9.17, 15) is 4.79 Å². The number of carbonyl (C=O) groups excluding carboxylic acids is 1. The van der Waals surface area contributed by atoms with Crippen LogP contribution in [0.2, 0.25) is 0 Å². The Morgan fingerprint density at radius 3 is 2.86 bits per heavy atom. The van der Waals surface area contributed by atoms with E-state index in [1.165, 1.54) is 5.01 Å². The zero-order valence-electron chi connectivity index (χ0n) is 11.0. The van der Waals surface area contributed by atoms with E-state index >= 15 is 0 Å². The normalized spacial score (nSPS) is 14.8. The number of amides is 1. The summed E-state index contributed by atoms with van der Waals surface area (Å²) >= 11 is 0. The van der Waals surface area contributed by atoms with Gasteiger partial charge in [0.25, 0.3) is 5.91 Å². The number of nitrogens with zero attached hydrogens (tertiary/aromatic N) is 5. The summed E-state index contributed by atoms with van der Waals surface area (Å²) in [5.74, 6) is 0.384. The van der Waals surface area contributed by atoms with E-state index in [-0.39, 0.29) is 12.3 Å². The maximum Gasteiger partial charge on any atom is 0.325 e. The number of benzene rings is 1. The van der Waals surface area contributed by atoms with Gasteiger partial charge >= 0.3 is 5.65 Å². The second-order valence-corrected chi connectivity index (χ2v) is 4.66. The highest BCUT2D eigenvalue weighted by Crippen LogP contribution is 2.20. The molecule has 102 valence electrons. The Labute approximate surface area is 119 Å². The SMILES string of the molecule is O=C1CC(c2ccccc2)=NN1c1ccc2n[nH]c[n+]2n1. The fourth-order valence-electron chi connectivity index (χ4n) is 2.27. The van der Waals surface area contributed by atoms with E-state index in [1.807, 2.05) is 30.3 Å². The van der Waals surface area contributed by atoms with Crippen LogP contribution in [0.3, 0.4) is 0 Å². The van der Waals surface area contributed by atoms with Crippen LogP contribution >= 0.6 is 0 Å². The maximum atomic E-state index is 12.2. The monoisotopic (exact) mass is 279 g/mol. The molecule has 0 radical (unpaired) electrons. The molecule has 2 aromatic heterocycles. The van der Waals surface area contributed by atoms with E-state index in [1.54, 1.807) is 23.0 Å². The van der Waals surface area contributed by atoms with E-state index in [0.717, 1.165) is 11.3 Å². The second-order valence-electron chi connectivity index (χ2n) is 4.66. The molecule has 1 aliphatic heterocycles. The first kappa shape index (κ1) is 11.7. The molecule has 1 aromatic carbocycles. The van der Waals surface area contributed by atoms with Gasteiger partial charge in [0.2, 0.25) is 6.33 Å². The number of hydrogen-bond donors (Lipinski definition) is 1. The minimum absolute atomic E-state index is 0.0928. The summed E-state index contributed by atoms with van der Waals surface area (Å²) in [6, 6.07) is 13.2. The van der Waals surface area contributed by atoms with Gasteiger partial charge < -0.3 is 0 Å². The van der Waals surface area contributed by atoms with Gasteiger partial charge in [0.05, 0.1) is 12.1 Å². The molecule has 0 atom stereocenters. The molecule has 0 aliphatic carbocycles. The van der Waals surface area contributed by atoms with Gasteiger partial charge in [-0.2, -0.15) is 10.1 Å². The molecule has 0 bridgehead atoms. The predicted octanol–water partition coefficient (Wildman–Crippen LogP) is 0.684. The second kappa shape index (κ2) is 4.48. The van der Waals surface area contributed by atoms with Crippen molar-refractivity contribution in [2.75, 3.05) is 5.01 Å². The van der Waals surface area contributed by atoms with Crippen molar-refractivity contribution in [2.45, 2.75) is 6.42 Å². The Morgan fingerprint density at radius 1 is 1.14 bits per heavy atom. The maximum absolute atomic E-state index is 12.2. The number of hydrogen-bond acceptors (Lipinski definition) is 4. The van der Waals surface area contributed by atoms with Crippen LogP contribution < -0.4 is 9.52 Å². The van der Waals surface area contributed by atoms with E-state index < -0.39 is 0 Å². The van der Waals surface area contributed by atoms with Crippen molar-refractivity contribution in [3.63, 3.8) is 0 Å². The highest BCUT2D eigenvalue weighted by Gasteiger charge is 2.27. The van der Waals surface area contributed by atoms with Crippen molar-refractivity contribution in [2.24, 2.45) is 5.10 Å². The lowest BCUT2D eigenvalue weighted by molar-refractivity contribution is -0.579. The number of carbonyl (C=O) groups is 1. The van der Waals surface area contributed by atoms with Gasteiger partial charge in [0.1, 0.15) is 0 Å². The molecule has 3 heterocycles. The quantitative estimate of drug-likeness (QED) is 0.701. The van der Waals surface area contributed by atoms with Gasteiger partial charge in [-0.15, -0.1) is 9.61 Å². The largest absolute Gasteiger partial charge is 0.325 e. The van der Waals surface area contributed by atoms with Crippen LogP contribution in [-0.2, 0) is 4.79 Å². The van der Waals surface area contributed by atoms with Gasteiger partial charge in [-0.05, 0) is 11.6 Å². The molecule has 1 N–H and O–H groups in total. The Balaban J connectivity index is 1.74. The lowest BCUT2D eigenvalue weighted by atomic mass is 10.1. The lowest BCUT2D eigenvalue weighted by Crippen LogP contribution is -2.29. The van der Waals surface area contributed by atoms with E-state index in [2.05, 4.69) is 20.4 Å². The predicted molar refractivity (Wildman–Crippen MR) is 74.6 cm³/mol. The van der Waals surface area contributed by atoms with Crippen LogP contribution in [0.25, 0.3) is 5.65 Å². The van der Waals surface area contributed by atoms with Crippen molar-refractivity contribution < 1.29 is 9.31 Å². The number of hydrazone groups is 1. The minimum Gasteiger partial charge on any atom is -0.272 e. The summed E-state index contributed by atoms with van der Waals surface area (Å²) in [6.45, 7) is 0. The molecule has 0 spiro atoms. The van der Waals surface area contributed by atoms with Crippen LogP contribution in [0.15, 0.2) is 53.9 Å². The molecule has 0 fully saturated rings. The summed E-state index contributed by atoms with van der Waals surface area (Å²) in [4.78, 5) is 12.2. The fourth-order valence-corrected chi connectivity index (χ4v) is 2.27. The lowest BCUT2D eigenvalue weighted by Gasteiger charge is -2.07. The Bertz CT molecular complexity index is 854. The molecule has 4 rings (SSSR count). The van der Waals surface area contributed by atoms with Crippen molar-refractivity contribution in [3.05, 3.63) is 54.4 Å². The summed E-state index contributed by atoms with van der Waals surface area (Å²) in [5, 5.41) is 16.8. The molecular formula is C14H11N6O+. The highest BCUT2D eigenvalue weighted by atomic mass is 16.2. The van der Waals surface area contributed by atoms with Gasteiger partial charge in [-0.1, -0.05) is 35.4 Å². The third-order valence-electron chi connectivity index (χ3n) is 3.29. The topological polar surface area (TPSA) is 78.3 Å². The average molecular weight is 279 g/mol. The summed E-state index contributed by atoms with van der Waals surface area (Å²) in [5.41, 5.74) is 2.38. The molecule has 0 saturated heterocycles. The van der Waals surface area contributed by atoms with Crippen LogP contribution in [0.4, 0.5) is 5.82 Å². The third kappa shape index (κ3) is 1.95. The first-order chi connectivity index (χ1) is 10.3. The first-order valence-electron chi connectivity index (χ1n) is 6.49. The minimum atomic E-state index is -0.0928. The van der Waals surface area contributed by atoms with Crippen molar-refractivity contribution in [1.82, 2.24) is 15.3 Å². The molecule has 7 nitrogen and oxygen atoms in total. The summed E-state index contributed by atoms with van der Waals surface area (Å²) < 4.78 is 1.57. The van der Waals surface area contributed by atoms with Gasteiger partial charge in [0, 0.05) is 11.2 Å². The summed E-state index contributed by atoms with van der Waals surface area (Å²) in [6.07, 6.45) is 1.89. The molecule has 21 heavy (non-hydrogen) atoms. The van der Waals surface area contributed by atoms with Gasteiger partial charge in [0.15, 0.2) is 5.82 Å². The zero-order chi connectivity index (χ0) is 14.2. The standard InChI is InChI=1S/C14H10N6O/c21-14-8-11(10-4-2-1-3-5-10)17-20(14)13-7-6-12-16-15-9-19(12)18-13/h1-7,9H,8H2/p+1. The number of aromatic amines is 1. The Hall–Kier alpha value is -3.09. The zero-order valence-corrected chi connectivity index (χ0v) is 11.0. The third-order valence-corrected chi connectivity index (χ3v) is 3.29. The molecule has 7 heteroatoms. The summed E-state index contributed by atoms with van der Waals surface area (Å²) in [7, 11) is 0. The smallest absolute Gasteiger partial charge is 0.272 e. The molecule has 3 aromatic rings. The average Bonchev–Trinajstić information content (AvgIpc) is 3.13. The molecular weight excluding hydrogens is 268 g/mol.